The van der Waals surface area contributed by atoms with Crippen molar-refractivity contribution in [2.75, 3.05) is 0 Å². The van der Waals surface area contributed by atoms with E-state index in [4.69, 9.17) is 15.3 Å². The third-order valence-corrected chi connectivity index (χ3v) is 2.65. The maximum atomic E-state index is 11.5. The largest absolute Gasteiger partial charge is 0.479 e. The lowest BCUT2D eigenvalue weighted by molar-refractivity contribution is -0.153. The number of amides is 1. The number of aliphatic carboxylic acids is 2. The molecule has 0 aliphatic heterocycles. The SMILES string of the molecule is O=C(CCc1ccc(CO)cc1)NC(C(=O)O)C(=O)O. The van der Waals surface area contributed by atoms with Gasteiger partial charge in [0.2, 0.25) is 11.9 Å². The Morgan fingerprint density at radius 3 is 1.95 bits per heavy atom. The molecule has 7 heteroatoms. The van der Waals surface area contributed by atoms with E-state index < -0.39 is 23.9 Å². The Morgan fingerprint density at radius 2 is 1.50 bits per heavy atom. The number of nitrogens with one attached hydrogen (secondary N) is 1. The van der Waals surface area contributed by atoms with Crippen LogP contribution < -0.4 is 5.32 Å². The molecule has 0 unspecified atom stereocenters. The molecule has 4 N–H and O–H groups in total. The highest BCUT2D eigenvalue weighted by Gasteiger charge is 2.27. The first kappa shape index (κ1) is 15.6. The average Bonchev–Trinajstić information content (AvgIpc) is 2.42. The Hall–Kier alpha value is -2.41. The number of carbonyl (C=O) groups excluding carboxylic acids is 1. The number of carbonyl (C=O) groups is 3. The second-order valence-corrected chi connectivity index (χ2v) is 4.15. The predicted octanol–water partition coefficient (Wildman–Crippen LogP) is -0.235. The van der Waals surface area contributed by atoms with Gasteiger partial charge >= 0.3 is 11.9 Å². The number of hydrogen-bond acceptors (Lipinski definition) is 4. The van der Waals surface area contributed by atoms with Crippen molar-refractivity contribution in [3.05, 3.63) is 35.4 Å². The van der Waals surface area contributed by atoms with Crippen LogP contribution in [0.15, 0.2) is 24.3 Å². The van der Waals surface area contributed by atoms with E-state index in [9.17, 15) is 14.4 Å². The third kappa shape index (κ3) is 4.69. The summed E-state index contributed by atoms with van der Waals surface area (Å²) in [6.07, 6.45) is 0.332. The summed E-state index contributed by atoms with van der Waals surface area (Å²) in [4.78, 5) is 32.7. The van der Waals surface area contributed by atoms with Crippen molar-refractivity contribution >= 4 is 17.8 Å². The average molecular weight is 281 g/mol. The van der Waals surface area contributed by atoms with Crippen LogP contribution in [-0.2, 0) is 27.4 Å². The van der Waals surface area contributed by atoms with E-state index >= 15 is 0 Å². The Morgan fingerprint density at radius 1 is 1.00 bits per heavy atom. The van der Waals surface area contributed by atoms with Crippen LogP contribution in [-0.4, -0.2) is 39.2 Å². The molecule has 0 spiro atoms. The maximum Gasteiger partial charge on any atom is 0.338 e. The van der Waals surface area contributed by atoms with Crippen LogP contribution in [0.4, 0.5) is 0 Å². The Bertz CT molecular complexity index is 482. The lowest BCUT2D eigenvalue weighted by Crippen LogP contribution is -2.46. The summed E-state index contributed by atoms with van der Waals surface area (Å²) in [6.45, 7) is -0.0698. The minimum absolute atomic E-state index is 0.0183. The molecule has 1 amide bonds. The van der Waals surface area contributed by atoms with Gasteiger partial charge in [-0.2, -0.15) is 0 Å². The first-order chi connectivity index (χ1) is 9.43. The number of aliphatic hydroxyl groups excluding tert-OH is 1. The molecule has 0 aliphatic carbocycles. The topological polar surface area (TPSA) is 124 Å². The van der Waals surface area contributed by atoms with Crippen LogP contribution in [0.1, 0.15) is 17.5 Å². The van der Waals surface area contributed by atoms with Crippen LogP contribution in [0.2, 0.25) is 0 Å². The summed E-state index contributed by atoms with van der Waals surface area (Å²) in [5, 5.41) is 28.0. The minimum Gasteiger partial charge on any atom is -0.479 e. The van der Waals surface area contributed by atoms with Crippen LogP contribution in [0.25, 0.3) is 0 Å². The molecule has 0 heterocycles. The second-order valence-electron chi connectivity index (χ2n) is 4.15. The molecule has 0 aliphatic rings. The first-order valence-electron chi connectivity index (χ1n) is 5.87. The number of carboxylic acid groups (broad SMARTS) is 2. The van der Waals surface area contributed by atoms with Gasteiger partial charge in [0.25, 0.3) is 0 Å². The molecular weight excluding hydrogens is 266 g/mol. The van der Waals surface area contributed by atoms with Crippen molar-refractivity contribution in [1.29, 1.82) is 0 Å². The van der Waals surface area contributed by atoms with E-state index in [0.717, 1.165) is 11.1 Å². The van der Waals surface area contributed by atoms with E-state index in [1.54, 1.807) is 24.3 Å². The molecule has 0 bridgehead atoms. The number of rotatable bonds is 7. The molecule has 1 aromatic rings. The summed E-state index contributed by atoms with van der Waals surface area (Å²) in [5.74, 6) is -3.87. The summed E-state index contributed by atoms with van der Waals surface area (Å²) in [6, 6.07) is 4.98. The Kier molecular flexibility index (Phi) is 5.67. The van der Waals surface area contributed by atoms with Crippen LogP contribution in [0.3, 0.4) is 0 Å². The molecule has 1 rings (SSSR count). The fourth-order valence-electron chi connectivity index (χ4n) is 1.53. The van der Waals surface area contributed by atoms with Crippen LogP contribution >= 0.6 is 0 Å². The third-order valence-electron chi connectivity index (χ3n) is 2.65. The molecule has 108 valence electrons. The van der Waals surface area contributed by atoms with Crippen molar-refractivity contribution in [2.24, 2.45) is 0 Å². The molecule has 0 fully saturated rings. The monoisotopic (exact) mass is 281 g/mol. The first-order valence-corrected chi connectivity index (χ1v) is 5.87. The van der Waals surface area contributed by atoms with Gasteiger partial charge in [0, 0.05) is 6.42 Å². The van der Waals surface area contributed by atoms with Gasteiger partial charge < -0.3 is 20.6 Å². The van der Waals surface area contributed by atoms with Gasteiger partial charge in [0.1, 0.15) is 0 Å². The number of benzene rings is 1. The molecule has 7 nitrogen and oxygen atoms in total. The number of hydrogen-bond donors (Lipinski definition) is 4. The number of aryl methyl sites for hydroxylation is 1. The van der Waals surface area contributed by atoms with Crippen molar-refractivity contribution in [3.8, 4) is 0 Å². The van der Waals surface area contributed by atoms with Crippen molar-refractivity contribution in [1.82, 2.24) is 5.32 Å². The maximum absolute atomic E-state index is 11.5. The zero-order valence-electron chi connectivity index (χ0n) is 10.6. The molecule has 1 aromatic carbocycles. The molecule has 0 atom stereocenters. The van der Waals surface area contributed by atoms with E-state index in [-0.39, 0.29) is 13.0 Å². The van der Waals surface area contributed by atoms with Gasteiger partial charge in [-0.3, -0.25) is 4.79 Å². The highest BCUT2D eigenvalue weighted by Crippen LogP contribution is 2.06. The van der Waals surface area contributed by atoms with Gasteiger partial charge in [-0.25, -0.2) is 9.59 Å². The summed E-state index contributed by atoms with van der Waals surface area (Å²) in [7, 11) is 0. The fourth-order valence-corrected chi connectivity index (χ4v) is 1.53. The lowest BCUT2D eigenvalue weighted by Gasteiger charge is -2.10. The smallest absolute Gasteiger partial charge is 0.338 e. The zero-order chi connectivity index (χ0) is 15.1. The van der Waals surface area contributed by atoms with E-state index in [1.165, 1.54) is 0 Å². The number of aliphatic hydroxyl groups is 1. The summed E-state index contributed by atoms with van der Waals surface area (Å²) < 4.78 is 0. The zero-order valence-corrected chi connectivity index (χ0v) is 10.6. The molecule has 0 saturated heterocycles. The Balaban J connectivity index is 2.50. The molecule has 20 heavy (non-hydrogen) atoms. The quantitative estimate of drug-likeness (QED) is 0.512. The lowest BCUT2D eigenvalue weighted by atomic mass is 10.1. The van der Waals surface area contributed by atoms with Gasteiger partial charge in [-0.05, 0) is 17.5 Å². The van der Waals surface area contributed by atoms with Gasteiger partial charge in [0.05, 0.1) is 6.61 Å². The molecule has 0 aromatic heterocycles. The van der Waals surface area contributed by atoms with Gasteiger partial charge in [0.15, 0.2) is 0 Å². The predicted molar refractivity (Wildman–Crippen MR) is 67.9 cm³/mol. The van der Waals surface area contributed by atoms with Crippen molar-refractivity contribution in [2.45, 2.75) is 25.5 Å². The van der Waals surface area contributed by atoms with E-state index in [0.29, 0.717) is 6.42 Å². The normalized spacial score (nSPS) is 10.3. The molecule has 0 radical (unpaired) electrons. The molecule has 0 saturated carbocycles. The molecular formula is C13H15NO6. The van der Waals surface area contributed by atoms with Crippen molar-refractivity contribution < 1.29 is 29.7 Å². The number of carboxylic acids is 2. The standard InChI is InChI=1S/C13H15NO6/c15-7-9-3-1-8(2-4-9)5-6-10(16)14-11(12(17)18)13(19)20/h1-4,11,15H,5-7H2,(H,14,16)(H,17,18)(H,19,20). The minimum atomic E-state index is -1.93. The van der Waals surface area contributed by atoms with Gasteiger partial charge in [-0.15, -0.1) is 0 Å². The van der Waals surface area contributed by atoms with E-state index in [2.05, 4.69) is 0 Å². The highest BCUT2D eigenvalue weighted by molar-refractivity contribution is 6.00. The highest BCUT2D eigenvalue weighted by atomic mass is 16.4. The summed E-state index contributed by atoms with van der Waals surface area (Å²) >= 11 is 0. The summed E-state index contributed by atoms with van der Waals surface area (Å²) in [5.41, 5.74) is 1.58. The van der Waals surface area contributed by atoms with Crippen LogP contribution in [0.5, 0.6) is 0 Å². The van der Waals surface area contributed by atoms with Crippen LogP contribution in [0, 0.1) is 0 Å². The van der Waals surface area contributed by atoms with Crippen molar-refractivity contribution in [3.63, 3.8) is 0 Å². The Labute approximate surface area is 114 Å². The van der Waals surface area contributed by atoms with Gasteiger partial charge in [-0.1, -0.05) is 24.3 Å². The second kappa shape index (κ2) is 7.25. The fraction of sp³-hybridized carbons (Fsp3) is 0.308. The van der Waals surface area contributed by atoms with E-state index in [1.807, 2.05) is 5.32 Å².